The molecule has 0 unspecified atom stereocenters. The van der Waals surface area contributed by atoms with Gasteiger partial charge in [-0.05, 0) is 54.7 Å². The molecule has 6 nitrogen and oxygen atoms in total. The van der Waals surface area contributed by atoms with E-state index in [0.717, 1.165) is 41.9 Å². The maximum Gasteiger partial charge on any atom is 0.293 e. The predicted molar refractivity (Wildman–Crippen MR) is 124 cm³/mol. The van der Waals surface area contributed by atoms with Crippen LogP contribution in [0.3, 0.4) is 0 Å². The Kier molecular flexibility index (Phi) is 8.19. The van der Waals surface area contributed by atoms with E-state index in [-0.39, 0.29) is 29.5 Å². The van der Waals surface area contributed by atoms with E-state index in [0.29, 0.717) is 5.56 Å². The summed E-state index contributed by atoms with van der Waals surface area (Å²) in [4.78, 5) is 40.6. The maximum atomic E-state index is 13.8. The first kappa shape index (κ1) is 23.7. The van der Waals surface area contributed by atoms with Gasteiger partial charge in [0.25, 0.3) is 17.1 Å². The summed E-state index contributed by atoms with van der Waals surface area (Å²) in [5, 5.41) is 2.30. The predicted octanol–water partition coefficient (Wildman–Crippen LogP) is 4.13. The summed E-state index contributed by atoms with van der Waals surface area (Å²) in [7, 11) is 0. The van der Waals surface area contributed by atoms with Gasteiger partial charge in [-0.2, -0.15) is 0 Å². The van der Waals surface area contributed by atoms with E-state index >= 15 is 0 Å². The number of nitrogens with zero attached hydrogens (tertiary/aromatic N) is 2. The van der Waals surface area contributed by atoms with Crippen molar-refractivity contribution in [2.45, 2.75) is 20.4 Å². The van der Waals surface area contributed by atoms with Crippen LogP contribution in [0.2, 0.25) is 0 Å². The third-order valence-electron chi connectivity index (χ3n) is 5.20. The van der Waals surface area contributed by atoms with E-state index in [1.165, 1.54) is 18.2 Å². The van der Waals surface area contributed by atoms with Crippen LogP contribution in [0.25, 0.3) is 6.08 Å². The molecule has 1 N–H and O–H groups in total. The monoisotopic (exact) mass is 455 g/mol. The van der Waals surface area contributed by atoms with E-state index < -0.39 is 17.0 Å². The van der Waals surface area contributed by atoms with E-state index in [1.54, 1.807) is 24.3 Å². The Balaban J connectivity index is 1.53. The first-order valence-corrected chi connectivity index (χ1v) is 11.3. The molecular weight excluding hydrogens is 429 g/mol. The number of carbonyl (C=O) groups excluding carboxylic acids is 3. The summed E-state index contributed by atoms with van der Waals surface area (Å²) in [5.41, 5.74) is 1.89. The summed E-state index contributed by atoms with van der Waals surface area (Å²) in [6.45, 7) is 7.14. The van der Waals surface area contributed by atoms with Crippen molar-refractivity contribution in [2.75, 3.05) is 26.2 Å². The Morgan fingerprint density at radius 2 is 1.78 bits per heavy atom. The lowest BCUT2D eigenvalue weighted by atomic mass is 10.1. The van der Waals surface area contributed by atoms with Gasteiger partial charge in [-0.3, -0.25) is 24.2 Å². The number of imide groups is 1. The molecule has 0 bridgehead atoms. The number of benzene rings is 2. The summed E-state index contributed by atoms with van der Waals surface area (Å²) in [6, 6.07) is 13.4. The summed E-state index contributed by atoms with van der Waals surface area (Å²) in [5.74, 6) is -1.22. The molecule has 1 fully saturated rings. The molecule has 3 rings (SSSR count). The molecule has 2 aromatic carbocycles. The minimum Gasteiger partial charge on any atom is -0.350 e. The second-order valence-corrected chi connectivity index (χ2v) is 8.26. The van der Waals surface area contributed by atoms with Gasteiger partial charge in [-0.15, -0.1) is 0 Å². The largest absolute Gasteiger partial charge is 0.350 e. The Labute approximate surface area is 191 Å². The third kappa shape index (κ3) is 5.83. The van der Waals surface area contributed by atoms with Crippen LogP contribution in [0.1, 0.15) is 35.3 Å². The number of hydrogen-bond acceptors (Lipinski definition) is 5. The lowest BCUT2D eigenvalue weighted by Gasteiger charge is -2.18. The van der Waals surface area contributed by atoms with Gasteiger partial charge < -0.3 is 5.32 Å². The van der Waals surface area contributed by atoms with Crippen molar-refractivity contribution in [1.29, 1.82) is 0 Å². The fourth-order valence-corrected chi connectivity index (χ4v) is 4.13. The molecule has 0 aromatic heterocycles. The van der Waals surface area contributed by atoms with Gasteiger partial charge in [-0.1, -0.05) is 44.2 Å². The molecular formula is C24H26FN3O3S. The molecule has 1 saturated heterocycles. The van der Waals surface area contributed by atoms with E-state index in [2.05, 4.69) is 24.1 Å². The van der Waals surface area contributed by atoms with Gasteiger partial charge >= 0.3 is 0 Å². The SMILES string of the molecule is CCN(CC)Cc1ccc(C(=O)NCCN2C(=O)S/C(=C\c3ccccc3F)C2=O)cc1. The number of hydrogen-bond donors (Lipinski definition) is 1. The Bertz CT molecular complexity index is 1020. The number of carbonyl (C=O) groups is 3. The van der Waals surface area contributed by atoms with Crippen molar-refractivity contribution in [2.24, 2.45) is 0 Å². The van der Waals surface area contributed by atoms with Crippen LogP contribution in [-0.4, -0.2) is 53.0 Å². The average Bonchev–Trinajstić information content (AvgIpc) is 3.06. The number of halogens is 1. The zero-order valence-corrected chi connectivity index (χ0v) is 19.0. The van der Waals surface area contributed by atoms with Gasteiger partial charge in [0.05, 0.1) is 4.91 Å². The molecule has 1 aliphatic rings. The summed E-state index contributed by atoms with van der Waals surface area (Å²) in [6.07, 6.45) is 1.37. The van der Waals surface area contributed by atoms with Crippen molar-refractivity contribution >= 4 is 34.9 Å². The highest BCUT2D eigenvalue weighted by atomic mass is 32.2. The molecule has 0 spiro atoms. The molecule has 0 aliphatic carbocycles. The van der Waals surface area contributed by atoms with E-state index in [4.69, 9.17) is 0 Å². The summed E-state index contributed by atoms with van der Waals surface area (Å²) >= 11 is 0.766. The molecule has 0 atom stereocenters. The zero-order valence-electron chi connectivity index (χ0n) is 18.1. The number of nitrogens with one attached hydrogen (secondary N) is 1. The highest BCUT2D eigenvalue weighted by Gasteiger charge is 2.34. The quantitative estimate of drug-likeness (QED) is 0.576. The topological polar surface area (TPSA) is 69.7 Å². The standard InChI is InChI=1S/C24H26FN3O3S/c1-3-27(4-2)16-17-9-11-18(12-10-17)22(29)26-13-14-28-23(30)21(32-24(28)31)15-19-7-5-6-8-20(19)25/h5-12,15H,3-4,13-14,16H2,1-2H3,(H,26,29)/b21-15-. The number of rotatable bonds is 9. The molecule has 32 heavy (non-hydrogen) atoms. The van der Waals surface area contributed by atoms with E-state index in [1.807, 2.05) is 12.1 Å². The van der Waals surface area contributed by atoms with Crippen LogP contribution in [0.4, 0.5) is 9.18 Å². The highest BCUT2D eigenvalue weighted by Crippen LogP contribution is 2.32. The second kappa shape index (κ2) is 11.1. The van der Waals surface area contributed by atoms with Crippen molar-refractivity contribution in [3.63, 3.8) is 0 Å². The van der Waals surface area contributed by atoms with Crippen molar-refractivity contribution in [1.82, 2.24) is 15.1 Å². The Morgan fingerprint density at radius 1 is 1.09 bits per heavy atom. The lowest BCUT2D eigenvalue weighted by molar-refractivity contribution is -0.122. The van der Waals surface area contributed by atoms with Gasteiger partial charge in [0.2, 0.25) is 0 Å². The van der Waals surface area contributed by atoms with E-state index in [9.17, 15) is 18.8 Å². The number of thioether (sulfide) groups is 1. The molecule has 8 heteroatoms. The molecule has 168 valence electrons. The molecule has 2 aromatic rings. The van der Waals surface area contributed by atoms with Crippen LogP contribution in [0.5, 0.6) is 0 Å². The van der Waals surface area contributed by atoms with Crippen molar-refractivity contribution in [3.05, 3.63) is 75.9 Å². The first-order chi connectivity index (χ1) is 15.4. The van der Waals surface area contributed by atoms with Crippen LogP contribution in [0, 0.1) is 5.82 Å². The first-order valence-electron chi connectivity index (χ1n) is 10.5. The average molecular weight is 456 g/mol. The number of amides is 3. The summed E-state index contributed by atoms with van der Waals surface area (Å²) < 4.78 is 13.8. The Morgan fingerprint density at radius 3 is 2.44 bits per heavy atom. The van der Waals surface area contributed by atoms with Crippen molar-refractivity contribution in [3.8, 4) is 0 Å². The fraction of sp³-hybridized carbons (Fsp3) is 0.292. The van der Waals surface area contributed by atoms with Crippen molar-refractivity contribution < 1.29 is 18.8 Å². The van der Waals surface area contributed by atoms with Gasteiger partial charge in [0.1, 0.15) is 5.82 Å². The molecule has 3 amide bonds. The molecule has 1 aliphatic heterocycles. The smallest absolute Gasteiger partial charge is 0.293 e. The second-order valence-electron chi connectivity index (χ2n) is 7.27. The third-order valence-corrected chi connectivity index (χ3v) is 6.11. The minimum absolute atomic E-state index is 0.0467. The zero-order chi connectivity index (χ0) is 23.1. The Hall–Kier alpha value is -2.97. The van der Waals surface area contributed by atoms with Crippen LogP contribution < -0.4 is 5.32 Å². The maximum absolute atomic E-state index is 13.8. The minimum atomic E-state index is -0.488. The fourth-order valence-electron chi connectivity index (χ4n) is 3.28. The molecule has 0 radical (unpaired) electrons. The van der Waals surface area contributed by atoms with Gasteiger partial charge in [-0.25, -0.2) is 4.39 Å². The molecule has 0 saturated carbocycles. The van der Waals surface area contributed by atoms with Crippen LogP contribution >= 0.6 is 11.8 Å². The highest BCUT2D eigenvalue weighted by molar-refractivity contribution is 8.18. The van der Waals surface area contributed by atoms with Crippen LogP contribution in [0.15, 0.2) is 53.4 Å². The molecule has 1 heterocycles. The van der Waals surface area contributed by atoms with Gasteiger partial charge in [0.15, 0.2) is 0 Å². The van der Waals surface area contributed by atoms with Gasteiger partial charge in [0, 0.05) is 30.8 Å². The lowest BCUT2D eigenvalue weighted by Crippen LogP contribution is -2.37. The normalized spacial score (nSPS) is 15.1. The van der Waals surface area contributed by atoms with Crippen LogP contribution in [-0.2, 0) is 11.3 Å².